The minimum atomic E-state index is -4.36. The van der Waals surface area contributed by atoms with Gasteiger partial charge in [0.15, 0.2) is 0 Å². The molecule has 1 aromatic heterocycles. The van der Waals surface area contributed by atoms with Crippen molar-refractivity contribution in [1.29, 1.82) is 0 Å². The van der Waals surface area contributed by atoms with Crippen molar-refractivity contribution in [1.82, 2.24) is 9.88 Å². The molecule has 0 amide bonds. The fourth-order valence-corrected chi connectivity index (χ4v) is 3.01. The number of pyridine rings is 1. The first-order valence-electron chi connectivity index (χ1n) is 6.43. The third kappa shape index (κ3) is 3.44. The van der Waals surface area contributed by atoms with Crippen molar-refractivity contribution in [3.63, 3.8) is 0 Å². The van der Waals surface area contributed by atoms with Crippen LogP contribution in [0.25, 0.3) is 0 Å². The zero-order valence-electron chi connectivity index (χ0n) is 11.4. The van der Waals surface area contributed by atoms with E-state index in [-0.39, 0.29) is 0 Å². The Labute approximate surface area is 124 Å². The van der Waals surface area contributed by atoms with E-state index in [4.69, 9.17) is 0 Å². The predicted octanol–water partition coefficient (Wildman–Crippen LogP) is 3.39. The van der Waals surface area contributed by atoms with Crippen LogP contribution in [-0.4, -0.2) is 43.1 Å². The first kappa shape index (κ1) is 15.6. The van der Waals surface area contributed by atoms with E-state index < -0.39 is 11.7 Å². The Kier molecular flexibility index (Phi) is 4.59. The van der Waals surface area contributed by atoms with Crippen molar-refractivity contribution < 1.29 is 13.2 Å². The van der Waals surface area contributed by atoms with Gasteiger partial charge in [-0.15, -0.1) is 0 Å². The number of aromatic nitrogens is 1. The van der Waals surface area contributed by atoms with Crippen molar-refractivity contribution in [2.45, 2.75) is 25.1 Å². The Hall–Kier alpha value is -0.820. The zero-order chi connectivity index (χ0) is 14.9. The summed E-state index contributed by atoms with van der Waals surface area (Å²) < 4.78 is 38.2. The molecule has 3 nitrogen and oxygen atoms in total. The molecule has 2 rings (SSSR count). The summed E-state index contributed by atoms with van der Waals surface area (Å²) in [6, 6.07) is 1.62. The van der Waals surface area contributed by atoms with E-state index >= 15 is 0 Å². The van der Waals surface area contributed by atoms with E-state index in [1.165, 1.54) is 0 Å². The smallest absolute Gasteiger partial charge is 0.356 e. The molecule has 1 fully saturated rings. The molecule has 0 atom stereocenters. The second-order valence-electron chi connectivity index (χ2n) is 5.21. The molecular weight excluding hydrogens is 335 g/mol. The largest absolute Gasteiger partial charge is 0.417 e. The standard InChI is InChI=1S/C13H17BrF3N3/c1-19(2)10-3-5-20(6-4-10)12-11(14)7-9(8-18-12)13(15,16)17/h7-8,10H,3-6H2,1-2H3. The highest BCUT2D eigenvalue weighted by atomic mass is 79.9. The monoisotopic (exact) mass is 351 g/mol. The Balaban J connectivity index is 2.11. The molecule has 0 radical (unpaired) electrons. The van der Waals surface area contributed by atoms with E-state index in [0.29, 0.717) is 16.3 Å². The summed E-state index contributed by atoms with van der Waals surface area (Å²) in [5.74, 6) is 0.593. The van der Waals surface area contributed by atoms with E-state index in [2.05, 4.69) is 25.8 Å². The molecule has 2 heterocycles. The Bertz CT molecular complexity index is 468. The highest BCUT2D eigenvalue weighted by Gasteiger charge is 2.32. The molecule has 20 heavy (non-hydrogen) atoms. The van der Waals surface area contributed by atoms with Crippen LogP contribution in [0.3, 0.4) is 0 Å². The number of nitrogens with zero attached hydrogens (tertiary/aromatic N) is 3. The van der Waals surface area contributed by atoms with Crippen LogP contribution in [-0.2, 0) is 6.18 Å². The van der Waals surface area contributed by atoms with E-state index in [1.807, 2.05) is 19.0 Å². The number of anilines is 1. The molecule has 1 saturated heterocycles. The van der Waals surface area contributed by atoms with E-state index in [1.54, 1.807) is 0 Å². The molecule has 0 unspecified atom stereocenters. The average Bonchev–Trinajstić information content (AvgIpc) is 2.37. The van der Waals surface area contributed by atoms with Crippen LogP contribution in [0.4, 0.5) is 19.0 Å². The minimum Gasteiger partial charge on any atom is -0.356 e. The normalized spacial score (nSPS) is 17.9. The van der Waals surface area contributed by atoms with E-state index in [0.717, 1.165) is 38.2 Å². The lowest BCUT2D eigenvalue weighted by molar-refractivity contribution is -0.137. The summed E-state index contributed by atoms with van der Waals surface area (Å²) in [6.07, 6.45) is -1.48. The third-order valence-electron chi connectivity index (χ3n) is 3.64. The van der Waals surface area contributed by atoms with Gasteiger partial charge in [-0.05, 0) is 48.9 Å². The van der Waals surface area contributed by atoms with Gasteiger partial charge >= 0.3 is 6.18 Å². The van der Waals surface area contributed by atoms with Gasteiger partial charge in [0.1, 0.15) is 5.82 Å². The number of rotatable bonds is 2. The lowest BCUT2D eigenvalue weighted by Crippen LogP contribution is -2.42. The lowest BCUT2D eigenvalue weighted by atomic mass is 10.0. The van der Waals surface area contributed by atoms with Crippen LogP contribution in [0.1, 0.15) is 18.4 Å². The van der Waals surface area contributed by atoms with Gasteiger partial charge in [0.05, 0.1) is 10.0 Å². The number of piperidine rings is 1. The summed E-state index contributed by atoms with van der Waals surface area (Å²) in [7, 11) is 4.10. The third-order valence-corrected chi connectivity index (χ3v) is 4.23. The average molecular weight is 352 g/mol. The molecule has 0 spiro atoms. The van der Waals surface area contributed by atoms with Crippen LogP contribution in [0.5, 0.6) is 0 Å². The number of alkyl halides is 3. The fourth-order valence-electron chi connectivity index (χ4n) is 2.41. The van der Waals surface area contributed by atoms with Crippen LogP contribution in [0.2, 0.25) is 0 Å². The highest BCUT2D eigenvalue weighted by Crippen LogP contribution is 2.34. The van der Waals surface area contributed by atoms with Crippen LogP contribution >= 0.6 is 15.9 Å². The molecule has 7 heteroatoms. The Morgan fingerprint density at radius 3 is 2.35 bits per heavy atom. The lowest BCUT2D eigenvalue weighted by Gasteiger charge is -2.36. The highest BCUT2D eigenvalue weighted by molar-refractivity contribution is 9.10. The molecule has 1 aliphatic rings. The summed E-state index contributed by atoms with van der Waals surface area (Å²) in [5, 5.41) is 0. The maximum atomic E-state index is 12.6. The SMILES string of the molecule is CN(C)C1CCN(c2ncc(C(F)(F)F)cc2Br)CC1. The van der Waals surface area contributed by atoms with Crippen molar-refractivity contribution >= 4 is 21.7 Å². The van der Waals surface area contributed by atoms with Gasteiger partial charge < -0.3 is 9.80 Å². The van der Waals surface area contributed by atoms with Crippen LogP contribution in [0.15, 0.2) is 16.7 Å². The minimum absolute atomic E-state index is 0.399. The van der Waals surface area contributed by atoms with Crippen LogP contribution in [0, 0.1) is 0 Å². The van der Waals surface area contributed by atoms with Gasteiger partial charge in [-0.3, -0.25) is 0 Å². The van der Waals surface area contributed by atoms with Gasteiger partial charge in [-0.25, -0.2) is 4.98 Å². The summed E-state index contributed by atoms with van der Waals surface area (Å²) in [5.41, 5.74) is -0.726. The van der Waals surface area contributed by atoms with Gasteiger partial charge in [0.2, 0.25) is 0 Å². The van der Waals surface area contributed by atoms with Crippen LogP contribution < -0.4 is 4.90 Å². The molecule has 1 aliphatic heterocycles. The quantitative estimate of drug-likeness (QED) is 0.814. The van der Waals surface area contributed by atoms with Gasteiger partial charge in [-0.1, -0.05) is 0 Å². The summed E-state index contributed by atoms with van der Waals surface area (Å²) in [6.45, 7) is 1.61. The topological polar surface area (TPSA) is 19.4 Å². The number of halogens is 4. The molecule has 112 valence electrons. The van der Waals surface area contributed by atoms with Gasteiger partial charge in [0.25, 0.3) is 0 Å². The molecule has 0 aliphatic carbocycles. The summed E-state index contributed by atoms with van der Waals surface area (Å²) >= 11 is 3.20. The second kappa shape index (κ2) is 5.89. The van der Waals surface area contributed by atoms with Gasteiger partial charge in [0, 0.05) is 25.3 Å². The van der Waals surface area contributed by atoms with Crippen molar-refractivity contribution in [2.24, 2.45) is 0 Å². The fraction of sp³-hybridized carbons (Fsp3) is 0.615. The number of hydrogen-bond donors (Lipinski definition) is 0. The first-order chi connectivity index (χ1) is 9.29. The molecular formula is C13H17BrF3N3. The summed E-state index contributed by atoms with van der Waals surface area (Å²) in [4.78, 5) is 8.20. The second-order valence-corrected chi connectivity index (χ2v) is 6.06. The first-order valence-corrected chi connectivity index (χ1v) is 7.22. The predicted molar refractivity (Wildman–Crippen MR) is 75.9 cm³/mol. The van der Waals surface area contributed by atoms with E-state index in [9.17, 15) is 13.2 Å². The molecule has 1 aromatic rings. The Morgan fingerprint density at radius 2 is 1.90 bits per heavy atom. The molecule has 0 aromatic carbocycles. The molecule has 0 N–H and O–H groups in total. The van der Waals surface area contributed by atoms with Gasteiger partial charge in [-0.2, -0.15) is 13.2 Å². The zero-order valence-corrected chi connectivity index (χ0v) is 13.0. The Morgan fingerprint density at radius 1 is 1.30 bits per heavy atom. The maximum Gasteiger partial charge on any atom is 0.417 e. The van der Waals surface area contributed by atoms with Crippen molar-refractivity contribution in [3.8, 4) is 0 Å². The van der Waals surface area contributed by atoms with Crippen molar-refractivity contribution in [3.05, 3.63) is 22.3 Å². The molecule has 0 saturated carbocycles. The number of hydrogen-bond acceptors (Lipinski definition) is 3. The molecule has 0 bridgehead atoms. The maximum absolute atomic E-state index is 12.6. The van der Waals surface area contributed by atoms with Crippen molar-refractivity contribution in [2.75, 3.05) is 32.1 Å².